The molecule has 0 N–H and O–H groups in total. The van der Waals surface area contributed by atoms with Crippen LogP contribution in [0.5, 0.6) is 0 Å². The minimum atomic E-state index is 0.265. The molecule has 2 rings (SSSR count). The molecule has 0 radical (unpaired) electrons. The van der Waals surface area contributed by atoms with Crippen LogP contribution >= 0.6 is 11.6 Å². The molecule has 1 atom stereocenters. The summed E-state index contributed by atoms with van der Waals surface area (Å²) >= 11 is 6.22. The highest BCUT2D eigenvalue weighted by atomic mass is 35.5. The van der Waals surface area contributed by atoms with E-state index in [-0.39, 0.29) is 5.38 Å². The smallest absolute Gasteiger partial charge is 0.0630 e. The highest BCUT2D eigenvalue weighted by molar-refractivity contribution is 6.21. The Hall–Kier alpha value is -0.500. The molecular weight excluding hydrogens is 208 g/mol. The lowest BCUT2D eigenvalue weighted by Crippen LogP contribution is -2.16. The number of halogens is 1. The maximum absolute atomic E-state index is 6.22. The summed E-state index contributed by atoms with van der Waals surface area (Å²) in [6, 6.07) is 2.57. The van der Waals surface area contributed by atoms with Crippen LogP contribution in [0.4, 0.5) is 0 Å². The molecule has 1 aliphatic carbocycles. The first-order chi connectivity index (χ1) is 7.03. The SMILES string of the molecule is CC(C)n1ccc(CC2(C(C)Cl)CC2)n1. The van der Waals surface area contributed by atoms with Crippen LogP contribution in [0.15, 0.2) is 12.3 Å². The van der Waals surface area contributed by atoms with E-state index in [4.69, 9.17) is 11.6 Å². The molecule has 3 heteroatoms. The molecule has 1 aliphatic rings. The molecule has 2 nitrogen and oxygen atoms in total. The van der Waals surface area contributed by atoms with Gasteiger partial charge in [0.2, 0.25) is 0 Å². The van der Waals surface area contributed by atoms with Crippen molar-refractivity contribution in [2.45, 2.75) is 51.5 Å². The Morgan fingerprint density at radius 3 is 2.53 bits per heavy atom. The van der Waals surface area contributed by atoms with Gasteiger partial charge in [-0.1, -0.05) is 0 Å². The van der Waals surface area contributed by atoms with E-state index in [0.29, 0.717) is 11.5 Å². The van der Waals surface area contributed by atoms with E-state index in [0.717, 1.165) is 6.42 Å². The van der Waals surface area contributed by atoms with Crippen LogP contribution in [0.1, 0.15) is 45.3 Å². The Balaban J connectivity index is 2.05. The minimum absolute atomic E-state index is 0.265. The summed E-state index contributed by atoms with van der Waals surface area (Å²) in [5.74, 6) is 0. The van der Waals surface area contributed by atoms with Crippen molar-refractivity contribution < 1.29 is 0 Å². The maximum atomic E-state index is 6.22. The van der Waals surface area contributed by atoms with E-state index < -0.39 is 0 Å². The van der Waals surface area contributed by atoms with Crippen LogP contribution in [0, 0.1) is 5.41 Å². The molecule has 1 aromatic heterocycles. The van der Waals surface area contributed by atoms with E-state index in [1.165, 1.54) is 18.5 Å². The summed E-state index contributed by atoms with van der Waals surface area (Å²) in [6.07, 6.45) is 5.62. The zero-order valence-electron chi connectivity index (χ0n) is 9.70. The van der Waals surface area contributed by atoms with Gasteiger partial charge in [0.1, 0.15) is 0 Å². The predicted octanol–water partition coefficient (Wildman–Crippen LogP) is 3.41. The van der Waals surface area contributed by atoms with Crippen molar-refractivity contribution in [3.63, 3.8) is 0 Å². The third-order valence-corrected chi connectivity index (χ3v) is 3.92. The lowest BCUT2D eigenvalue weighted by atomic mass is 9.97. The molecule has 15 heavy (non-hydrogen) atoms. The van der Waals surface area contributed by atoms with E-state index in [9.17, 15) is 0 Å². The standard InChI is InChI=1S/C12H19ClN2/c1-9(2)15-7-4-11(14-15)8-12(5-6-12)10(3)13/h4,7,9-10H,5-6,8H2,1-3H3. The lowest BCUT2D eigenvalue weighted by Gasteiger charge is -2.16. The predicted molar refractivity (Wildman–Crippen MR) is 63.3 cm³/mol. The number of alkyl halides is 1. The van der Waals surface area contributed by atoms with Crippen molar-refractivity contribution in [2.24, 2.45) is 5.41 Å². The number of hydrogen-bond acceptors (Lipinski definition) is 1. The van der Waals surface area contributed by atoms with E-state index in [1.807, 2.05) is 4.68 Å². The van der Waals surface area contributed by atoms with E-state index >= 15 is 0 Å². The van der Waals surface area contributed by atoms with Crippen LogP contribution in [-0.4, -0.2) is 15.2 Å². The molecule has 0 aromatic carbocycles. The molecule has 0 spiro atoms. The van der Waals surface area contributed by atoms with Gasteiger partial charge in [0.05, 0.1) is 5.69 Å². The van der Waals surface area contributed by atoms with Gasteiger partial charge < -0.3 is 0 Å². The number of rotatable bonds is 4. The Labute approximate surface area is 96.6 Å². The van der Waals surface area contributed by atoms with Crippen LogP contribution in [0.3, 0.4) is 0 Å². The largest absolute Gasteiger partial charge is 0.270 e. The van der Waals surface area contributed by atoms with Gasteiger partial charge in [-0.25, -0.2) is 0 Å². The van der Waals surface area contributed by atoms with Crippen molar-refractivity contribution in [1.29, 1.82) is 0 Å². The Morgan fingerprint density at radius 2 is 2.13 bits per heavy atom. The second-order valence-corrected chi connectivity index (χ2v) is 5.69. The quantitative estimate of drug-likeness (QED) is 0.720. The van der Waals surface area contributed by atoms with E-state index in [1.54, 1.807) is 0 Å². The molecule has 1 saturated carbocycles. The summed E-state index contributed by atoms with van der Waals surface area (Å²) in [5.41, 5.74) is 1.53. The van der Waals surface area contributed by atoms with Crippen molar-refractivity contribution in [2.75, 3.05) is 0 Å². The molecule has 1 fully saturated rings. The molecule has 0 amide bonds. The molecular formula is C12H19ClN2. The van der Waals surface area contributed by atoms with Crippen molar-refractivity contribution in [3.8, 4) is 0 Å². The number of nitrogens with zero attached hydrogens (tertiary/aromatic N) is 2. The molecule has 84 valence electrons. The van der Waals surface area contributed by atoms with Gasteiger partial charge in [-0.15, -0.1) is 11.6 Å². The fourth-order valence-corrected chi connectivity index (χ4v) is 2.29. The van der Waals surface area contributed by atoms with Crippen molar-refractivity contribution in [1.82, 2.24) is 9.78 Å². The first-order valence-electron chi connectivity index (χ1n) is 5.72. The second kappa shape index (κ2) is 3.82. The molecule has 0 aliphatic heterocycles. The molecule has 1 heterocycles. The van der Waals surface area contributed by atoms with Crippen LogP contribution in [0.25, 0.3) is 0 Å². The van der Waals surface area contributed by atoms with E-state index in [2.05, 4.69) is 38.1 Å². The Kier molecular flexibility index (Phi) is 2.80. The highest BCUT2D eigenvalue weighted by Crippen LogP contribution is 2.53. The summed E-state index contributed by atoms with van der Waals surface area (Å²) in [7, 11) is 0. The summed E-state index contributed by atoms with van der Waals surface area (Å²) in [4.78, 5) is 0. The zero-order chi connectivity index (χ0) is 11.1. The fourth-order valence-electron chi connectivity index (χ4n) is 2.00. The topological polar surface area (TPSA) is 17.8 Å². The van der Waals surface area contributed by atoms with Gasteiger partial charge in [0, 0.05) is 17.6 Å². The minimum Gasteiger partial charge on any atom is -0.270 e. The van der Waals surface area contributed by atoms with Gasteiger partial charge in [-0.05, 0) is 51.5 Å². The fraction of sp³-hybridized carbons (Fsp3) is 0.750. The molecule has 1 aromatic rings. The summed E-state index contributed by atoms with van der Waals surface area (Å²) < 4.78 is 2.02. The summed E-state index contributed by atoms with van der Waals surface area (Å²) in [6.45, 7) is 6.40. The lowest BCUT2D eigenvalue weighted by molar-refractivity contribution is 0.473. The van der Waals surface area contributed by atoms with Gasteiger partial charge in [0.25, 0.3) is 0 Å². The van der Waals surface area contributed by atoms with Crippen LogP contribution in [-0.2, 0) is 6.42 Å². The van der Waals surface area contributed by atoms with Crippen molar-refractivity contribution in [3.05, 3.63) is 18.0 Å². The third kappa shape index (κ3) is 2.20. The first-order valence-corrected chi connectivity index (χ1v) is 6.15. The number of hydrogen-bond donors (Lipinski definition) is 0. The third-order valence-electron chi connectivity index (χ3n) is 3.46. The van der Waals surface area contributed by atoms with Gasteiger partial charge in [-0.2, -0.15) is 5.10 Å². The average Bonchev–Trinajstić information content (AvgIpc) is 2.76. The van der Waals surface area contributed by atoms with Crippen molar-refractivity contribution >= 4 is 11.6 Å². The summed E-state index contributed by atoms with van der Waals surface area (Å²) in [5, 5.41) is 4.84. The Bertz CT molecular complexity index is 337. The Morgan fingerprint density at radius 1 is 1.47 bits per heavy atom. The monoisotopic (exact) mass is 226 g/mol. The van der Waals surface area contributed by atoms with Gasteiger partial charge >= 0.3 is 0 Å². The molecule has 1 unspecified atom stereocenters. The average molecular weight is 227 g/mol. The maximum Gasteiger partial charge on any atom is 0.0630 e. The van der Waals surface area contributed by atoms with Crippen LogP contribution in [0.2, 0.25) is 0 Å². The number of aromatic nitrogens is 2. The first kappa shape index (κ1) is 11.0. The normalized spacial score (nSPS) is 20.6. The molecule has 0 bridgehead atoms. The second-order valence-electron chi connectivity index (χ2n) is 5.04. The van der Waals surface area contributed by atoms with Gasteiger partial charge in [0.15, 0.2) is 0 Å². The van der Waals surface area contributed by atoms with Crippen LogP contribution < -0.4 is 0 Å². The zero-order valence-corrected chi connectivity index (χ0v) is 10.5. The van der Waals surface area contributed by atoms with Gasteiger partial charge in [-0.3, -0.25) is 4.68 Å². The molecule has 0 saturated heterocycles. The highest BCUT2D eigenvalue weighted by Gasteiger charge is 2.46.